The molecule has 7 nitrogen and oxygen atoms in total. The quantitative estimate of drug-likeness (QED) is 0.661. The Morgan fingerprint density at radius 2 is 2.00 bits per heavy atom. The Labute approximate surface area is 174 Å². The summed E-state index contributed by atoms with van der Waals surface area (Å²) in [6.07, 6.45) is 4.08. The molecule has 3 aromatic rings. The van der Waals surface area contributed by atoms with E-state index in [4.69, 9.17) is 14.9 Å². The smallest absolute Gasteiger partial charge is 0.260 e. The van der Waals surface area contributed by atoms with E-state index in [0.717, 1.165) is 22.7 Å². The number of primary amides is 1. The summed E-state index contributed by atoms with van der Waals surface area (Å²) >= 11 is 0. The van der Waals surface area contributed by atoms with Crippen LogP contribution in [0.4, 0.5) is 5.69 Å². The molecule has 1 unspecified atom stereocenters. The molecular weight excluding hydrogens is 382 g/mol. The van der Waals surface area contributed by atoms with E-state index in [1.165, 1.54) is 11.0 Å². The highest BCUT2D eigenvalue weighted by Gasteiger charge is 2.31. The Kier molecular flexibility index (Phi) is 5.18. The Balaban J connectivity index is 1.57. The van der Waals surface area contributed by atoms with Gasteiger partial charge in [-0.3, -0.25) is 9.59 Å². The molecule has 2 N–H and O–H groups in total. The van der Waals surface area contributed by atoms with E-state index in [-0.39, 0.29) is 12.5 Å². The van der Waals surface area contributed by atoms with E-state index in [9.17, 15) is 9.59 Å². The van der Waals surface area contributed by atoms with Crippen LogP contribution < -0.4 is 15.4 Å². The Bertz CT molecular complexity index is 1110. The molecule has 0 saturated heterocycles. The number of aryl methyl sites for hydroxylation is 1. The molecule has 30 heavy (non-hydrogen) atoms. The van der Waals surface area contributed by atoms with Gasteiger partial charge >= 0.3 is 0 Å². The zero-order valence-electron chi connectivity index (χ0n) is 16.9. The zero-order valence-corrected chi connectivity index (χ0v) is 16.9. The van der Waals surface area contributed by atoms with Crippen LogP contribution in [0.15, 0.2) is 59.2 Å². The number of anilines is 1. The van der Waals surface area contributed by atoms with Crippen LogP contribution in [0.1, 0.15) is 22.7 Å². The van der Waals surface area contributed by atoms with Gasteiger partial charge in [0.2, 0.25) is 0 Å². The number of benzene rings is 1. The van der Waals surface area contributed by atoms with Gasteiger partial charge in [0.1, 0.15) is 11.5 Å². The van der Waals surface area contributed by atoms with Crippen LogP contribution in [0, 0.1) is 13.8 Å². The van der Waals surface area contributed by atoms with Crippen LogP contribution in [-0.4, -0.2) is 29.0 Å². The van der Waals surface area contributed by atoms with Gasteiger partial charge in [0.25, 0.3) is 11.8 Å². The molecule has 0 bridgehead atoms. The first-order valence-corrected chi connectivity index (χ1v) is 9.67. The van der Waals surface area contributed by atoms with Crippen LogP contribution in [0.25, 0.3) is 6.08 Å². The second-order valence-electron chi connectivity index (χ2n) is 7.25. The lowest BCUT2D eigenvalue weighted by atomic mass is 10.1. The molecule has 2 aromatic heterocycles. The Morgan fingerprint density at radius 1 is 1.20 bits per heavy atom. The predicted octanol–water partition coefficient (Wildman–Crippen LogP) is 3.04. The van der Waals surface area contributed by atoms with Crippen molar-refractivity contribution in [3.63, 3.8) is 0 Å². The number of amides is 2. The van der Waals surface area contributed by atoms with Gasteiger partial charge in [-0.1, -0.05) is 12.1 Å². The van der Waals surface area contributed by atoms with Crippen molar-refractivity contribution in [1.82, 2.24) is 4.57 Å². The minimum absolute atomic E-state index is 0.0764. The van der Waals surface area contributed by atoms with Crippen LogP contribution in [0.5, 0.6) is 5.75 Å². The number of carbonyl (C=O) groups excluding carboxylic acids is 2. The summed E-state index contributed by atoms with van der Waals surface area (Å²) < 4.78 is 13.2. The Morgan fingerprint density at radius 3 is 2.73 bits per heavy atom. The van der Waals surface area contributed by atoms with Crippen molar-refractivity contribution in [1.29, 1.82) is 0 Å². The van der Waals surface area contributed by atoms with Crippen LogP contribution in [-0.2, 0) is 16.1 Å². The Hall–Kier alpha value is -3.74. The van der Waals surface area contributed by atoms with E-state index in [1.807, 2.05) is 38.1 Å². The monoisotopic (exact) mass is 405 g/mol. The highest BCUT2D eigenvalue weighted by molar-refractivity contribution is 6.05. The number of para-hydroxylation sites is 2. The first-order valence-electron chi connectivity index (χ1n) is 9.67. The van der Waals surface area contributed by atoms with Gasteiger partial charge in [-0.25, -0.2) is 0 Å². The molecule has 1 aliphatic heterocycles. The number of hydrogen-bond acceptors (Lipinski definition) is 4. The van der Waals surface area contributed by atoms with Gasteiger partial charge < -0.3 is 24.4 Å². The molecule has 1 aliphatic rings. The standard InChI is InChI=1S/C23H23N3O4/c1-15-12-17(16(2)25(15)13-18-6-5-11-29-18)9-10-22(27)26-14-21(23(24)28)30-20-8-4-3-7-19(20)26/h3-12,21H,13-14H2,1-2H3,(H2,24,28)/b10-9+. The molecule has 2 amide bonds. The summed E-state index contributed by atoms with van der Waals surface area (Å²) in [5.41, 5.74) is 9.08. The van der Waals surface area contributed by atoms with Crippen molar-refractivity contribution < 1.29 is 18.7 Å². The SMILES string of the molecule is Cc1cc(/C=C/C(=O)N2CC(C(N)=O)Oc3ccccc32)c(C)n1Cc1ccco1. The summed E-state index contributed by atoms with van der Waals surface area (Å²) in [6, 6.07) is 12.9. The lowest BCUT2D eigenvalue weighted by Gasteiger charge is -2.32. The normalized spacial score (nSPS) is 15.8. The third-order valence-corrected chi connectivity index (χ3v) is 5.27. The molecule has 1 aromatic carbocycles. The van der Waals surface area contributed by atoms with Gasteiger partial charge in [0.15, 0.2) is 6.10 Å². The van der Waals surface area contributed by atoms with E-state index < -0.39 is 12.0 Å². The van der Waals surface area contributed by atoms with E-state index in [1.54, 1.807) is 30.5 Å². The van der Waals surface area contributed by atoms with Crippen LogP contribution in [0.2, 0.25) is 0 Å². The topological polar surface area (TPSA) is 90.7 Å². The zero-order chi connectivity index (χ0) is 21.3. The summed E-state index contributed by atoms with van der Waals surface area (Å²) in [4.78, 5) is 26.1. The van der Waals surface area contributed by atoms with Gasteiger partial charge in [-0.05, 0) is 55.8 Å². The lowest BCUT2D eigenvalue weighted by molar-refractivity contribution is -0.125. The first-order chi connectivity index (χ1) is 14.4. The fourth-order valence-corrected chi connectivity index (χ4v) is 3.64. The number of aromatic nitrogens is 1. The fraction of sp³-hybridized carbons (Fsp3) is 0.217. The molecule has 1 atom stereocenters. The highest BCUT2D eigenvalue weighted by Crippen LogP contribution is 2.33. The van der Waals surface area contributed by atoms with Crippen molar-refractivity contribution >= 4 is 23.6 Å². The summed E-state index contributed by atoms with van der Waals surface area (Å²) in [5.74, 6) is 0.484. The van der Waals surface area contributed by atoms with Gasteiger partial charge in [0.05, 0.1) is 25.0 Å². The molecule has 154 valence electrons. The maximum absolute atomic E-state index is 13.0. The maximum Gasteiger partial charge on any atom is 0.260 e. The predicted molar refractivity (Wildman–Crippen MR) is 113 cm³/mol. The number of nitrogens with zero attached hydrogens (tertiary/aromatic N) is 2. The van der Waals surface area contributed by atoms with Crippen molar-refractivity contribution in [3.05, 3.63) is 77.5 Å². The molecule has 0 saturated carbocycles. The molecule has 0 radical (unpaired) electrons. The van der Waals surface area contributed by atoms with E-state index >= 15 is 0 Å². The number of hydrogen-bond donors (Lipinski definition) is 1. The number of carbonyl (C=O) groups is 2. The van der Waals surface area contributed by atoms with Crippen LogP contribution >= 0.6 is 0 Å². The maximum atomic E-state index is 13.0. The molecule has 0 aliphatic carbocycles. The van der Waals surface area contributed by atoms with E-state index in [0.29, 0.717) is 18.0 Å². The number of furan rings is 1. The molecule has 0 fully saturated rings. The number of fused-ring (bicyclic) bond motifs is 1. The molecule has 4 rings (SSSR count). The molecule has 3 heterocycles. The second-order valence-corrected chi connectivity index (χ2v) is 7.25. The number of ether oxygens (including phenoxy) is 1. The fourth-order valence-electron chi connectivity index (χ4n) is 3.64. The van der Waals surface area contributed by atoms with E-state index in [2.05, 4.69) is 4.57 Å². The number of nitrogens with two attached hydrogens (primary N) is 1. The molecule has 7 heteroatoms. The molecule has 0 spiro atoms. The number of rotatable bonds is 5. The third kappa shape index (κ3) is 3.74. The molecular formula is C23H23N3O4. The summed E-state index contributed by atoms with van der Waals surface area (Å²) in [6.45, 7) is 4.73. The van der Waals surface area contributed by atoms with Crippen LogP contribution in [0.3, 0.4) is 0 Å². The van der Waals surface area contributed by atoms with Gasteiger partial charge in [-0.2, -0.15) is 0 Å². The third-order valence-electron chi connectivity index (χ3n) is 5.27. The summed E-state index contributed by atoms with van der Waals surface area (Å²) in [5, 5.41) is 0. The van der Waals surface area contributed by atoms with Crippen molar-refractivity contribution in [2.45, 2.75) is 26.5 Å². The van der Waals surface area contributed by atoms with Crippen molar-refractivity contribution in [2.75, 3.05) is 11.4 Å². The summed E-state index contributed by atoms with van der Waals surface area (Å²) in [7, 11) is 0. The second kappa shape index (κ2) is 7.94. The minimum Gasteiger partial charge on any atom is -0.477 e. The van der Waals surface area contributed by atoms with Gasteiger partial charge in [-0.15, -0.1) is 0 Å². The largest absolute Gasteiger partial charge is 0.477 e. The highest BCUT2D eigenvalue weighted by atomic mass is 16.5. The lowest BCUT2D eigenvalue weighted by Crippen LogP contribution is -2.49. The van der Waals surface area contributed by atoms with Crippen molar-refractivity contribution in [2.24, 2.45) is 5.73 Å². The average molecular weight is 405 g/mol. The average Bonchev–Trinajstić information content (AvgIpc) is 3.35. The minimum atomic E-state index is -0.879. The first kappa shape index (κ1) is 19.6. The van der Waals surface area contributed by atoms with Gasteiger partial charge in [0, 0.05) is 17.5 Å². The van der Waals surface area contributed by atoms with Crippen molar-refractivity contribution in [3.8, 4) is 5.75 Å².